The minimum absolute atomic E-state index is 0.0149. The monoisotopic (exact) mass is 358 g/mol. The Morgan fingerprint density at radius 3 is 2.38 bits per heavy atom. The van der Waals surface area contributed by atoms with Crippen LogP contribution in [0, 0.1) is 6.92 Å². The molecule has 1 heterocycles. The van der Waals surface area contributed by atoms with Crippen LogP contribution in [0.15, 0.2) is 23.1 Å². The lowest BCUT2D eigenvalue weighted by Gasteiger charge is -2.28. The number of rotatable bonds is 2. The summed E-state index contributed by atoms with van der Waals surface area (Å²) in [6.07, 6.45) is 1.13. The number of hydrogen-bond acceptors (Lipinski definition) is 8. The fourth-order valence-corrected chi connectivity index (χ4v) is 3.43. The number of hydrogen-bond donors (Lipinski definition) is 4. The van der Waals surface area contributed by atoms with Crippen LogP contribution in [0.5, 0.6) is 17.2 Å². The lowest BCUT2D eigenvalue weighted by Crippen LogP contribution is -2.41. The van der Waals surface area contributed by atoms with Crippen molar-refractivity contribution in [2.24, 2.45) is 5.84 Å². The van der Waals surface area contributed by atoms with Crippen molar-refractivity contribution in [3.63, 3.8) is 0 Å². The SMILES string of the molecule is CC(=O)c1c(O)c(C)c(O)c2c1OC1=CC(=O)/C(=C(/C)NN)C(=O)[C@@]12C. The van der Waals surface area contributed by atoms with Crippen LogP contribution in [0.1, 0.15) is 42.3 Å². The van der Waals surface area contributed by atoms with Crippen LogP contribution in [0.3, 0.4) is 0 Å². The molecule has 1 aliphatic carbocycles. The lowest BCUT2D eigenvalue weighted by atomic mass is 9.70. The number of aromatic hydroxyl groups is 2. The molecular formula is C18H18N2O6. The highest BCUT2D eigenvalue weighted by Gasteiger charge is 2.56. The minimum Gasteiger partial charge on any atom is -0.507 e. The van der Waals surface area contributed by atoms with Crippen LogP contribution in [0.2, 0.25) is 0 Å². The highest BCUT2D eigenvalue weighted by molar-refractivity contribution is 6.31. The third-order valence-electron chi connectivity index (χ3n) is 4.98. The normalized spacial score (nSPS) is 23.0. The Kier molecular flexibility index (Phi) is 3.70. The Hall–Kier alpha value is -3.13. The fourth-order valence-electron chi connectivity index (χ4n) is 3.43. The van der Waals surface area contributed by atoms with Gasteiger partial charge < -0.3 is 20.4 Å². The molecule has 1 aromatic carbocycles. The number of nitrogens with one attached hydrogen (secondary N) is 1. The summed E-state index contributed by atoms with van der Waals surface area (Å²) in [7, 11) is 0. The molecule has 1 aromatic rings. The molecule has 0 radical (unpaired) electrons. The van der Waals surface area contributed by atoms with Crippen molar-refractivity contribution < 1.29 is 29.3 Å². The van der Waals surface area contributed by atoms with Crippen LogP contribution in [-0.2, 0) is 15.0 Å². The Morgan fingerprint density at radius 1 is 1.23 bits per heavy atom. The van der Waals surface area contributed by atoms with E-state index in [1.165, 1.54) is 27.7 Å². The Bertz CT molecular complexity index is 973. The molecule has 1 aliphatic heterocycles. The molecule has 5 N–H and O–H groups in total. The Morgan fingerprint density at radius 2 is 1.85 bits per heavy atom. The van der Waals surface area contributed by atoms with Gasteiger partial charge in [-0.1, -0.05) is 0 Å². The Labute approximate surface area is 148 Å². The number of fused-ring (bicyclic) bond motifs is 3. The summed E-state index contributed by atoms with van der Waals surface area (Å²) in [5.74, 6) is 2.70. The number of ether oxygens (including phenoxy) is 1. The van der Waals surface area contributed by atoms with Gasteiger partial charge in [-0.2, -0.15) is 0 Å². The van der Waals surface area contributed by atoms with Crippen LogP contribution >= 0.6 is 0 Å². The van der Waals surface area contributed by atoms with Gasteiger partial charge >= 0.3 is 0 Å². The zero-order valence-corrected chi connectivity index (χ0v) is 14.7. The molecule has 136 valence electrons. The predicted molar refractivity (Wildman–Crippen MR) is 90.6 cm³/mol. The van der Waals surface area contributed by atoms with Crippen LogP contribution in [-0.4, -0.2) is 27.6 Å². The fraction of sp³-hybridized carbons (Fsp3) is 0.278. The number of carbonyl (C=O) groups is 3. The summed E-state index contributed by atoms with van der Waals surface area (Å²) in [6.45, 7) is 5.62. The number of benzene rings is 1. The molecule has 8 heteroatoms. The van der Waals surface area contributed by atoms with Gasteiger partial charge in [0, 0.05) is 17.3 Å². The quantitative estimate of drug-likeness (QED) is 0.202. The molecule has 0 saturated heterocycles. The molecule has 1 atom stereocenters. The number of phenolic OH excluding ortho intramolecular Hbond substituents is 2. The second-order valence-corrected chi connectivity index (χ2v) is 6.53. The minimum atomic E-state index is -1.52. The van der Waals surface area contributed by atoms with Gasteiger partial charge in [0.1, 0.15) is 34.0 Å². The summed E-state index contributed by atoms with van der Waals surface area (Å²) in [5, 5.41) is 20.9. The second-order valence-electron chi connectivity index (χ2n) is 6.53. The van der Waals surface area contributed by atoms with E-state index in [1.807, 2.05) is 0 Å². The number of allylic oxidation sites excluding steroid dienone is 4. The Balaban J connectivity index is 2.43. The first kappa shape index (κ1) is 17.7. The van der Waals surface area contributed by atoms with Gasteiger partial charge in [0.2, 0.25) is 0 Å². The average molecular weight is 358 g/mol. The van der Waals surface area contributed by atoms with Crippen molar-refractivity contribution in [3.8, 4) is 17.2 Å². The van der Waals surface area contributed by atoms with Gasteiger partial charge in [0.25, 0.3) is 0 Å². The molecule has 0 saturated carbocycles. The lowest BCUT2D eigenvalue weighted by molar-refractivity contribution is -0.123. The van der Waals surface area contributed by atoms with E-state index in [1.54, 1.807) is 0 Å². The summed E-state index contributed by atoms with van der Waals surface area (Å²) < 4.78 is 5.63. The maximum absolute atomic E-state index is 13.2. The van der Waals surface area contributed by atoms with E-state index in [9.17, 15) is 24.6 Å². The van der Waals surface area contributed by atoms with E-state index in [4.69, 9.17) is 10.6 Å². The highest BCUT2D eigenvalue weighted by atomic mass is 16.5. The van der Waals surface area contributed by atoms with Crippen molar-refractivity contribution >= 4 is 17.3 Å². The standard InChI is InChI=1S/C18H18N2O6/c1-6-14(23)12(8(3)21)16-13(15(6)24)18(4)10(26-16)5-9(22)11(17(18)25)7(2)20-19/h5,20,23-24H,19H2,1-4H3/b11-7+/t18-/m0/s1. The van der Waals surface area contributed by atoms with Crippen LogP contribution < -0.4 is 16.0 Å². The van der Waals surface area contributed by atoms with E-state index < -0.39 is 28.5 Å². The third-order valence-corrected chi connectivity index (χ3v) is 4.98. The van der Waals surface area contributed by atoms with Gasteiger partial charge in [0.15, 0.2) is 17.3 Å². The van der Waals surface area contributed by atoms with Crippen molar-refractivity contribution in [1.82, 2.24) is 5.43 Å². The molecule has 2 aliphatic rings. The highest BCUT2D eigenvalue weighted by Crippen LogP contribution is 2.57. The summed E-state index contributed by atoms with van der Waals surface area (Å²) >= 11 is 0. The summed E-state index contributed by atoms with van der Waals surface area (Å²) in [5.41, 5.74) is 0.723. The van der Waals surface area contributed by atoms with Crippen molar-refractivity contribution in [3.05, 3.63) is 39.8 Å². The van der Waals surface area contributed by atoms with Crippen molar-refractivity contribution in [1.29, 1.82) is 0 Å². The number of ketones is 3. The third kappa shape index (κ3) is 1.96. The topological polar surface area (TPSA) is 139 Å². The van der Waals surface area contributed by atoms with E-state index >= 15 is 0 Å². The second kappa shape index (κ2) is 5.43. The first-order valence-corrected chi connectivity index (χ1v) is 7.83. The van der Waals surface area contributed by atoms with Gasteiger partial charge in [-0.25, -0.2) is 0 Å². The molecule has 3 rings (SSSR count). The number of nitrogens with two attached hydrogens (primary N) is 1. The molecule has 0 unspecified atom stereocenters. The van der Waals surface area contributed by atoms with Gasteiger partial charge in [-0.15, -0.1) is 0 Å². The van der Waals surface area contributed by atoms with Gasteiger partial charge in [-0.3, -0.25) is 20.2 Å². The van der Waals surface area contributed by atoms with Gasteiger partial charge in [-0.05, 0) is 27.7 Å². The van der Waals surface area contributed by atoms with Crippen molar-refractivity contribution in [2.75, 3.05) is 0 Å². The zero-order chi connectivity index (χ0) is 19.5. The molecule has 0 amide bonds. The maximum atomic E-state index is 13.2. The number of hydrazine groups is 1. The molecule has 8 nitrogen and oxygen atoms in total. The van der Waals surface area contributed by atoms with Crippen LogP contribution in [0.25, 0.3) is 0 Å². The van der Waals surface area contributed by atoms with Crippen LogP contribution in [0.4, 0.5) is 0 Å². The number of phenols is 2. The maximum Gasteiger partial charge on any atom is 0.194 e. The first-order valence-electron chi connectivity index (χ1n) is 7.83. The zero-order valence-electron chi connectivity index (χ0n) is 14.7. The first-order chi connectivity index (χ1) is 12.1. The largest absolute Gasteiger partial charge is 0.507 e. The molecule has 0 aromatic heterocycles. The van der Waals surface area contributed by atoms with Gasteiger partial charge in [0.05, 0.1) is 11.1 Å². The van der Waals surface area contributed by atoms with Crippen molar-refractivity contribution in [2.45, 2.75) is 33.1 Å². The smallest absolute Gasteiger partial charge is 0.194 e. The molecule has 0 fully saturated rings. The summed E-state index contributed by atoms with van der Waals surface area (Å²) in [6, 6.07) is 0. The predicted octanol–water partition coefficient (Wildman–Crippen LogP) is 1.03. The van der Waals surface area contributed by atoms with E-state index in [0.717, 1.165) is 6.08 Å². The molecule has 0 bridgehead atoms. The molecule has 0 spiro atoms. The average Bonchev–Trinajstić information content (AvgIpc) is 2.86. The van der Waals surface area contributed by atoms with E-state index in [0.29, 0.717) is 0 Å². The number of Topliss-reactive ketones (excluding diaryl/α,β-unsaturated/α-hetero) is 2. The molecule has 26 heavy (non-hydrogen) atoms. The summed E-state index contributed by atoms with van der Waals surface area (Å²) in [4.78, 5) is 37.6. The number of carbonyl (C=O) groups excluding carboxylic acids is 3. The van der Waals surface area contributed by atoms with E-state index in [2.05, 4.69) is 5.43 Å². The molecular weight excluding hydrogens is 340 g/mol. The van der Waals surface area contributed by atoms with E-state index in [-0.39, 0.29) is 45.2 Å².